The molecule has 43 heavy (non-hydrogen) atoms. The van der Waals surface area contributed by atoms with E-state index in [0.29, 0.717) is 29.4 Å². The van der Waals surface area contributed by atoms with Crippen molar-refractivity contribution in [2.45, 2.75) is 90.4 Å². The summed E-state index contributed by atoms with van der Waals surface area (Å²) in [6, 6.07) is 10.1. The fourth-order valence-electron chi connectivity index (χ4n) is 6.12. The summed E-state index contributed by atoms with van der Waals surface area (Å²) in [7, 11) is 0. The number of aliphatic hydroxyl groups is 1. The van der Waals surface area contributed by atoms with Gasteiger partial charge in [-0.1, -0.05) is 12.1 Å². The SMILES string of the molecule is Cc1cc(Nc2nc(-c3ccc4c(c3)N(C3CC(NCC(C)(C)O)C3)C(=O)C4(C)C)cc3ncn(C(C)C)c23)c(F)cn1. The topological polar surface area (TPSA) is 108 Å². The fourth-order valence-corrected chi connectivity index (χ4v) is 6.12. The van der Waals surface area contributed by atoms with E-state index < -0.39 is 16.8 Å². The lowest BCUT2D eigenvalue weighted by Crippen LogP contribution is -2.56. The Morgan fingerprint density at radius 3 is 2.60 bits per heavy atom. The molecule has 226 valence electrons. The highest BCUT2D eigenvalue weighted by atomic mass is 19.1. The Balaban J connectivity index is 1.38. The Hall–Kier alpha value is -3.89. The molecule has 10 heteroatoms. The molecule has 9 nitrogen and oxygen atoms in total. The summed E-state index contributed by atoms with van der Waals surface area (Å²) in [5.41, 5.74) is 4.49. The molecule has 0 spiro atoms. The number of nitrogens with zero attached hydrogens (tertiary/aromatic N) is 5. The van der Waals surface area contributed by atoms with Gasteiger partial charge in [-0.3, -0.25) is 9.78 Å². The van der Waals surface area contributed by atoms with Gasteiger partial charge in [0.1, 0.15) is 5.52 Å². The van der Waals surface area contributed by atoms with Crippen LogP contribution >= 0.6 is 0 Å². The molecule has 6 rings (SSSR count). The number of aromatic nitrogens is 4. The number of hydrogen-bond acceptors (Lipinski definition) is 7. The van der Waals surface area contributed by atoms with Crippen molar-refractivity contribution in [3.8, 4) is 11.3 Å². The van der Waals surface area contributed by atoms with Crippen molar-refractivity contribution in [2.75, 3.05) is 16.8 Å². The number of hydrogen-bond donors (Lipinski definition) is 3. The summed E-state index contributed by atoms with van der Waals surface area (Å²) in [6.07, 6.45) is 4.63. The molecular weight excluding hydrogens is 545 g/mol. The smallest absolute Gasteiger partial charge is 0.237 e. The Kier molecular flexibility index (Phi) is 7.05. The van der Waals surface area contributed by atoms with Gasteiger partial charge < -0.3 is 25.2 Å². The van der Waals surface area contributed by atoms with Crippen LogP contribution in [0.25, 0.3) is 22.3 Å². The van der Waals surface area contributed by atoms with Crippen molar-refractivity contribution in [2.24, 2.45) is 0 Å². The first kappa shape index (κ1) is 29.2. The minimum Gasteiger partial charge on any atom is -0.389 e. The summed E-state index contributed by atoms with van der Waals surface area (Å²) >= 11 is 0. The average Bonchev–Trinajstić information content (AvgIpc) is 3.42. The number of nitrogens with one attached hydrogen (secondary N) is 2. The van der Waals surface area contributed by atoms with E-state index in [1.54, 1.807) is 26.2 Å². The molecule has 1 fully saturated rings. The van der Waals surface area contributed by atoms with Crippen molar-refractivity contribution < 1.29 is 14.3 Å². The Morgan fingerprint density at radius 2 is 1.91 bits per heavy atom. The van der Waals surface area contributed by atoms with Crippen molar-refractivity contribution in [1.29, 1.82) is 0 Å². The monoisotopic (exact) mass is 585 g/mol. The first-order chi connectivity index (χ1) is 20.2. The molecule has 2 aliphatic rings. The number of carbonyl (C=O) groups excluding carboxylic acids is 1. The van der Waals surface area contributed by atoms with Crippen molar-refractivity contribution in [3.05, 3.63) is 59.9 Å². The van der Waals surface area contributed by atoms with E-state index in [4.69, 9.17) is 4.98 Å². The van der Waals surface area contributed by atoms with Gasteiger partial charge in [-0.05, 0) is 85.1 Å². The number of carbonyl (C=O) groups is 1. The minimum atomic E-state index is -0.785. The molecule has 0 bridgehead atoms. The molecule has 0 unspecified atom stereocenters. The zero-order chi connectivity index (χ0) is 30.8. The van der Waals surface area contributed by atoms with Gasteiger partial charge in [0.25, 0.3) is 0 Å². The van der Waals surface area contributed by atoms with Gasteiger partial charge in [-0.15, -0.1) is 0 Å². The standard InChI is InChI=1S/C33H40FN7O2/c1-18(2)40-17-37-27-14-25(38-30(29(27)40)39-26-10-19(3)35-15-24(26)34)20-8-9-23-28(11-20)41(31(42)33(23,6)7)22-12-21(13-22)36-16-32(4,5)43/h8-11,14-15,17-18,21-22,36,43H,12-13,16H2,1-7H3,(H,35,38,39). The van der Waals surface area contributed by atoms with Crippen LogP contribution in [-0.4, -0.2) is 54.8 Å². The highest BCUT2D eigenvalue weighted by Crippen LogP contribution is 2.47. The third-order valence-electron chi connectivity index (χ3n) is 8.64. The third kappa shape index (κ3) is 5.27. The van der Waals surface area contributed by atoms with Crippen LogP contribution in [0.15, 0.2) is 42.9 Å². The summed E-state index contributed by atoms with van der Waals surface area (Å²) < 4.78 is 16.8. The van der Waals surface area contributed by atoms with Crippen LogP contribution in [0, 0.1) is 12.7 Å². The maximum absolute atomic E-state index is 14.8. The van der Waals surface area contributed by atoms with Crippen LogP contribution in [0.5, 0.6) is 0 Å². The summed E-state index contributed by atoms with van der Waals surface area (Å²) in [6.45, 7) is 14.0. The molecule has 1 saturated carbocycles. The van der Waals surface area contributed by atoms with E-state index in [1.165, 1.54) is 6.20 Å². The third-order valence-corrected chi connectivity index (χ3v) is 8.64. The summed E-state index contributed by atoms with van der Waals surface area (Å²) in [5.74, 6) is 0.124. The molecule has 1 aromatic carbocycles. The summed E-state index contributed by atoms with van der Waals surface area (Å²) in [5, 5.41) is 16.7. The summed E-state index contributed by atoms with van der Waals surface area (Å²) in [4.78, 5) is 29.4. The first-order valence-corrected chi connectivity index (χ1v) is 14.9. The largest absolute Gasteiger partial charge is 0.389 e. The molecule has 3 N–H and O–H groups in total. The van der Waals surface area contributed by atoms with Crippen LogP contribution < -0.4 is 15.5 Å². The van der Waals surface area contributed by atoms with E-state index in [-0.39, 0.29) is 24.0 Å². The second kappa shape index (κ2) is 10.4. The van der Waals surface area contributed by atoms with Gasteiger partial charge in [-0.25, -0.2) is 14.4 Å². The van der Waals surface area contributed by atoms with Gasteiger partial charge in [0, 0.05) is 41.6 Å². The number of aryl methyl sites for hydroxylation is 1. The van der Waals surface area contributed by atoms with Crippen LogP contribution in [-0.2, 0) is 10.2 Å². The number of imidazole rings is 1. The molecular formula is C33H40FN7O2. The van der Waals surface area contributed by atoms with Crippen LogP contribution in [0.3, 0.4) is 0 Å². The van der Waals surface area contributed by atoms with Gasteiger partial charge in [0.15, 0.2) is 11.6 Å². The number of rotatable bonds is 8. The lowest BCUT2D eigenvalue weighted by molar-refractivity contribution is -0.123. The second-order valence-electron chi connectivity index (χ2n) is 13.4. The first-order valence-electron chi connectivity index (χ1n) is 14.9. The lowest BCUT2D eigenvalue weighted by Gasteiger charge is -2.43. The predicted molar refractivity (Wildman–Crippen MR) is 167 cm³/mol. The Bertz CT molecular complexity index is 1720. The van der Waals surface area contributed by atoms with E-state index in [2.05, 4.69) is 34.4 Å². The molecule has 1 amide bonds. The van der Waals surface area contributed by atoms with Crippen LogP contribution in [0.1, 0.15) is 71.7 Å². The van der Waals surface area contributed by atoms with Gasteiger partial charge in [-0.2, -0.15) is 0 Å². The lowest BCUT2D eigenvalue weighted by atomic mass is 9.84. The molecule has 4 aromatic rings. The van der Waals surface area contributed by atoms with E-state index in [9.17, 15) is 14.3 Å². The highest BCUT2D eigenvalue weighted by molar-refractivity contribution is 6.08. The average molecular weight is 586 g/mol. The molecule has 4 heterocycles. The van der Waals surface area contributed by atoms with E-state index >= 15 is 0 Å². The molecule has 0 atom stereocenters. The Morgan fingerprint density at radius 1 is 1.16 bits per heavy atom. The maximum Gasteiger partial charge on any atom is 0.237 e. The zero-order valence-electron chi connectivity index (χ0n) is 25.9. The van der Waals surface area contributed by atoms with Gasteiger partial charge in [0.05, 0.1) is 40.4 Å². The quantitative estimate of drug-likeness (QED) is 0.241. The fraction of sp³-hybridized carbons (Fsp3) is 0.455. The van der Waals surface area contributed by atoms with Crippen LogP contribution in [0.2, 0.25) is 0 Å². The van der Waals surface area contributed by atoms with Gasteiger partial charge in [0.2, 0.25) is 5.91 Å². The number of pyridine rings is 2. The Labute approximate surface area is 251 Å². The predicted octanol–water partition coefficient (Wildman–Crippen LogP) is 5.78. The number of benzene rings is 1. The number of halogens is 1. The van der Waals surface area contributed by atoms with Crippen LogP contribution in [0.4, 0.5) is 21.6 Å². The second-order valence-corrected chi connectivity index (χ2v) is 13.4. The van der Waals surface area contributed by atoms with Crippen molar-refractivity contribution in [3.63, 3.8) is 0 Å². The molecule has 3 aromatic heterocycles. The minimum absolute atomic E-state index is 0.0786. The van der Waals surface area contributed by atoms with E-state index in [1.807, 2.05) is 54.5 Å². The number of fused-ring (bicyclic) bond motifs is 2. The number of amides is 1. The molecule has 1 aliphatic carbocycles. The zero-order valence-corrected chi connectivity index (χ0v) is 25.9. The number of anilines is 3. The van der Waals surface area contributed by atoms with Crippen molar-refractivity contribution >= 4 is 34.1 Å². The van der Waals surface area contributed by atoms with Crippen molar-refractivity contribution in [1.82, 2.24) is 24.8 Å². The molecule has 1 aliphatic heterocycles. The van der Waals surface area contributed by atoms with Gasteiger partial charge >= 0.3 is 0 Å². The molecule has 0 radical (unpaired) electrons. The van der Waals surface area contributed by atoms with E-state index in [0.717, 1.165) is 40.7 Å². The maximum atomic E-state index is 14.8. The highest BCUT2D eigenvalue weighted by Gasteiger charge is 2.49. The molecule has 0 saturated heterocycles. The normalized spacial score (nSPS) is 19.7.